The van der Waals surface area contributed by atoms with Gasteiger partial charge in [-0.3, -0.25) is 4.79 Å². The highest BCUT2D eigenvalue weighted by molar-refractivity contribution is 6.35. The number of aliphatic hydroxyl groups excluding tert-OH is 1. The maximum Gasteiger partial charge on any atom is 0.252 e. The molecule has 44 heavy (non-hydrogen) atoms. The summed E-state index contributed by atoms with van der Waals surface area (Å²) in [6.07, 6.45) is 0.534. The van der Waals surface area contributed by atoms with Gasteiger partial charge < -0.3 is 24.6 Å². The molecule has 0 aliphatic carbocycles. The lowest BCUT2D eigenvalue weighted by molar-refractivity contribution is -0.128. The zero-order valence-corrected chi connectivity index (χ0v) is 25.9. The van der Waals surface area contributed by atoms with E-state index in [1.54, 1.807) is 25.3 Å². The van der Waals surface area contributed by atoms with E-state index in [9.17, 15) is 4.79 Å². The van der Waals surface area contributed by atoms with Gasteiger partial charge in [0.2, 0.25) is 5.90 Å². The number of hydrogen-bond donors (Lipinski definition) is 2. The zero-order valence-electron chi connectivity index (χ0n) is 24.3. The van der Waals surface area contributed by atoms with Crippen molar-refractivity contribution in [3.05, 3.63) is 129 Å². The Morgan fingerprint density at radius 1 is 1.00 bits per heavy atom. The fraction of sp³-hybridized carbons (Fsp3) is 0.257. The number of aliphatic hydroxyl groups is 1. The Labute approximate surface area is 267 Å². The molecule has 0 aromatic heterocycles. The SMILES string of the molecule is COc1ccccc1CCNC(=O)[C@]1(Cc2ccccc2)N=C(c2ccc(OCCCO)cc2)O[C@@H]1c1ccc(Cl)cc1Cl. The topological polar surface area (TPSA) is 89.4 Å². The number of methoxy groups -OCH3 is 1. The quantitative estimate of drug-likeness (QED) is 0.162. The Morgan fingerprint density at radius 3 is 2.48 bits per heavy atom. The monoisotopic (exact) mass is 632 g/mol. The lowest BCUT2D eigenvalue weighted by Crippen LogP contribution is -2.50. The Balaban J connectivity index is 1.52. The number of nitrogens with one attached hydrogen (secondary N) is 1. The summed E-state index contributed by atoms with van der Waals surface area (Å²) < 4.78 is 17.8. The Bertz CT molecular complexity index is 1600. The first-order chi connectivity index (χ1) is 21.4. The first-order valence-electron chi connectivity index (χ1n) is 14.4. The minimum Gasteiger partial charge on any atom is -0.496 e. The average Bonchev–Trinajstić information content (AvgIpc) is 3.42. The number of carbonyl (C=O) groups excluding carboxylic acids is 1. The molecule has 0 unspecified atom stereocenters. The van der Waals surface area contributed by atoms with E-state index in [0.717, 1.165) is 16.9 Å². The molecule has 2 N–H and O–H groups in total. The normalized spacial score (nSPS) is 17.5. The molecule has 7 nitrogen and oxygen atoms in total. The van der Waals surface area contributed by atoms with Crippen molar-refractivity contribution in [1.29, 1.82) is 0 Å². The van der Waals surface area contributed by atoms with Gasteiger partial charge in [0.05, 0.1) is 13.7 Å². The lowest BCUT2D eigenvalue weighted by atomic mass is 9.82. The van der Waals surface area contributed by atoms with Crippen LogP contribution in [0.1, 0.15) is 34.8 Å². The number of ether oxygens (including phenoxy) is 3. The van der Waals surface area contributed by atoms with Crippen LogP contribution in [-0.2, 0) is 22.4 Å². The number of amides is 1. The van der Waals surface area contributed by atoms with Crippen LogP contribution in [-0.4, -0.2) is 49.3 Å². The lowest BCUT2D eigenvalue weighted by Gasteiger charge is -2.31. The highest BCUT2D eigenvalue weighted by Gasteiger charge is 2.53. The van der Waals surface area contributed by atoms with Gasteiger partial charge in [-0.2, -0.15) is 0 Å². The largest absolute Gasteiger partial charge is 0.496 e. The van der Waals surface area contributed by atoms with Gasteiger partial charge in [0, 0.05) is 47.2 Å². The average molecular weight is 634 g/mol. The third-order valence-corrected chi connectivity index (χ3v) is 8.03. The molecule has 228 valence electrons. The standard InChI is InChI=1S/C35H34Cl2N2O5/c1-42-31-11-6-5-10-25(31)18-19-38-34(41)35(23-24-8-3-2-4-9-24)32(29-17-14-27(36)22-30(29)37)44-33(39-35)26-12-15-28(16-13-26)43-21-7-20-40/h2-6,8-17,22,32,40H,7,18-21,23H2,1H3,(H,38,41)/t32-,35-/m1/s1. The summed E-state index contributed by atoms with van der Waals surface area (Å²) in [4.78, 5) is 19.5. The zero-order chi connectivity index (χ0) is 30.9. The van der Waals surface area contributed by atoms with Crippen molar-refractivity contribution in [2.75, 3.05) is 26.9 Å². The molecule has 9 heteroatoms. The van der Waals surface area contributed by atoms with Crippen LogP contribution in [0.2, 0.25) is 10.0 Å². The minimum atomic E-state index is -1.38. The van der Waals surface area contributed by atoms with Crippen LogP contribution >= 0.6 is 23.2 Å². The molecule has 1 aliphatic heterocycles. The van der Waals surface area contributed by atoms with E-state index < -0.39 is 11.6 Å². The van der Waals surface area contributed by atoms with E-state index in [1.165, 1.54) is 0 Å². The van der Waals surface area contributed by atoms with Crippen LogP contribution in [0.4, 0.5) is 0 Å². The van der Waals surface area contributed by atoms with E-state index in [0.29, 0.717) is 58.8 Å². The molecular weight excluding hydrogens is 599 g/mol. The van der Waals surface area contributed by atoms with Gasteiger partial charge >= 0.3 is 0 Å². The molecule has 0 radical (unpaired) electrons. The van der Waals surface area contributed by atoms with Crippen molar-refractivity contribution in [3.8, 4) is 11.5 Å². The van der Waals surface area contributed by atoms with Crippen LogP contribution < -0.4 is 14.8 Å². The minimum absolute atomic E-state index is 0.0574. The number of carbonyl (C=O) groups is 1. The Hall–Kier alpha value is -4.04. The maximum absolute atomic E-state index is 14.4. The van der Waals surface area contributed by atoms with E-state index in [2.05, 4.69) is 5.32 Å². The van der Waals surface area contributed by atoms with Crippen LogP contribution in [0.25, 0.3) is 0 Å². The number of nitrogens with zero attached hydrogens (tertiary/aromatic N) is 1. The van der Waals surface area contributed by atoms with Crippen LogP contribution in [0.5, 0.6) is 11.5 Å². The van der Waals surface area contributed by atoms with E-state index >= 15 is 0 Å². The molecule has 0 fully saturated rings. The van der Waals surface area contributed by atoms with Crippen molar-refractivity contribution in [3.63, 3.8) is 0 Å². The number of rotatable bonds is 13. The highest BCUT2D eigenvalue weighted by atomic mass is 35.5. The number of halogens is 2. The van der Waals surface area contributed by atoms with E-state index in [4.69, 9.17) is 47.5 Å². The predicted molar refractivity (Wildman–Crippen MR) is 173 cm³/mol. The summed E-state index contributed by atoms with van der Waals surface area (Å²) in [5, 5.41) is 13.0. The van der Waals surface area contributed by atoms with Crippen LogP contribution in [0.15, 0.2) is 102 Å². The number of benzene rings is 4. The first-order valence-corrected chi connectivity index (χ1v) is 15.2. The third-order valence-electron chi connectivity index (χ3n) is 7.46. The molecule has 5 rings (SSSR count). The fourth-order valence-corrected chi connectivity index (χ4v) is 5.76. The Kier molecular flexibility index (Phi) is 10.4. The van der Waals surface area contributed by atoms with Gasteiger partial charge in [-0.05, 0) is 60.0 Å². The van der Waals surface area contributed by atoms with Crippen molar-refractivity contribution >= 4 is 35.0 Å². The van der Waals surface area contributed by atoms with Gasteiger partial charge in [0.15, 0.2) is 11.6 Å². The van der Waals surface area contributed by atoms with Crippen LogP contribution in [0, 0.1) is 0 Å². The molecule has 0 saturated heterocycles. The second-order valence-electron chi connectivity index (χ2n) is 10.4. The fourth-order valence-electron chi connectivity index (χ4n) is 5.25. The van der Waals surface area contributed by atoms with Gasteiger partial charge in [-0.1, -0.05) is 77.8 Å². The second-order valence-corrected chi connectivity index (χ2v) is 11.3. The van der Waals surface area contributed by atoms with Crippen molar-refractivity contribution in [2.24, 2.45) is 4.99 Å². The van der Waals surface area contributed by atoms with Crippen molar-refractivity contribution in [1.82, 2.24) is 5.32 Å². The van der Waals surface area contributed by atoms with E-state index in [-0.39, 0.29) is 18.9 Å². The first kappa shape index (κ1) is 31.4. The predicted octanol–water partition coefficient (Wildman–Crippen LogP) is 6.62. The molecule has 2 atom stereocenters. The second kappa shape index (κ2) is 14.6. The van der Waals surface area contributed by atoms with E-state index in [1.807, 2.05) is 78.9 Å². The summed E-state index contributed by atoms with van der Waals surface area (Å²) >= 11 is 13.0. The smallest absolute Gasteiger partial charge is 0.252 e. The number of para-hydroxylation sites is 1. The van der Waals surface area contributed by atoms with Crippen LogP contribution in [0.3, 0.4) is 0 Å². The van der Waals surface area contributed by atoms with Gasteiger partial charge in [-0.25, -0.2) is 4.99 Å². The summed E-state index contributed by atoms with van der Waals surface area (Å²) in [7, 11) is 1.63. The molecule has 0 saturated carbocycles. The molecular formula is C35H34Cl2N2O5. The van der Waals surface area contributed by atoms with Crippen molar-refractivity contribution < 1.29 is 24.1 Å². The molecule has 4 aromatic carbocycles. The molecule has 0 spiro atoms. The van der Waals surface area contributed by atoms with Gasteiger partial charge in [0.1, 0.15) is 11.5 Å². The Morgan fingerprint density at radius 2 is 1.75 bits per heavy atom. The molecule has 1 amide bonds. The van der Waals surface area contributed by atoms with Gasteiger partial charge in [-0.15, -0.1) is 0 Å². The number of hydrogen-bond acceptors (Lipinski definition) is 6. The van der Waals surface area contributed by atoms with Crippen molar-refractivity contribution in [2.45, 2.75) is 30.9 Å². The van der Waals surface area contributed by atoms with Gasteiger partial charge in [0.25, 0.3) is 5.91 Å². The number of aliphatic imine (C=N–C) groups is 1. The summed E-state index contributed by atoms with van der Waals surface area (Å²) in [5.74, 6) is 1.45. The molecule has 0 bridgehead atoms. The maximum atomic E-state index is 14.4. The molecule has 4 aromatic rings. The summed E-state index contributed by atoms with van der Waals surface area (Å²) in [6, 6.07) is 29.9. The third kappa shape index (κ3) is 7.18. The molecule has 1 heterocycles. The highest BCUT2D eigenvalue weighted by Crippen LogP contribution is 2.45. The summed E-state index contributed by atoms with van der Waals surface area (Å²) in [5.41, 5.74) is 1.81. The summed E-state index contributed by atoms with van der Waals surface area (Å²) in [6.45, 7) is 0.822. The molecule has 1 aliphatic rings.